The molecule has 1 aromatic carbocycles. The van der Waals surface area contributed by atoms with Crippen LogP contribution < -0.4 is 0 Å². The number of rotatable bonds is 1. The molecule has 82 valence electrons. The van der Waals surface area contributed by atoms with Crippen molar-refractivity contribution in [1.29, 1.82) is 0 Å². The van der Waals surface area contributed by atoms with Gasteiger partial charge in [0, 0.05) is 22.7 Å². The molecule has 2 rings (SSSR count). The summed E-state index contributed by atoms with van der Waals surface area (Å²) in [5, 5.41) is 0. The average molecular weight is 275 g/mol. The summed E-state index contributed by atoms with van der Waals surface area (Å²) >= 11 is 3.41. The van der Waals surface area contributed by atoms with Crippen molar-refractivity contribution in [2.45, 2.75) is 38.0 Å². The van der Waals surface area contributed by atoms with Gasteiger partial charge in [0.1, 0.15) is 0 Å². The van der Waals surface area contributed by atoms with Gasteiger partial charge >= 0.3 is 0 Å². The van der Waals surface area contributed by atoms with E-state index in [1.807, 2.05) is 32.0 Å². The van der Waals surface area contributed by atoms with Gasteiger partial charge in [0.15, 0.2) is 0 Å². The third-order valence-electron chi connectivity index (χ3n) is 3.15. The summed E-state index contributed by atoms with van der Waals surface area (Å²) in [7, 11) is 0. The number of aryl methyl sites for hydroxylation is 1. The van der Waals surface area contributed by atoms with Gasteiger partial charge in [0.2, 0.25) is 5.92 Å². The number of halogens is 3. The maximum atomic E-state index is 12.9. The fraction of sp³-hybridized carbons (Fsp3) is 0.500. The topological polar surface area (TPSA) is 0 Å². The Morgan fingerprint density at radius 1 is 1.27 bits per heavy atom. The molecule has 1 aromatic rings. The van der Waals surface area contributed by atoms with E-state index in [9.17, 15) is 8.78 Å². The van der Waals surface area contributed by atoms with Gasteiger partial charge in [-0.1, -0.05) is 35.0 Å². The molecule has 0 saturated heterocycles. The third-order valence-corrected chi connectivity index (χ3v) is 4.04. The molecule has 1 saturated carbocycles. The average Bonchev–Trinajstić information content (AvgIpc) is 2.06. The second kappa shape index (κ2) is 3.27. The van der Waals surface area contributed by atoms with Crippen LogP contribution in [0.5, 0.6) is 0 Å². The summed E-state index contributed by atoms with van der Waals surface area (Å²) in [4.78, 5) is 0. The zero-order valence-corrected chi connectivity index (χ0v) is 10.4. The molecule has 0 amide bonds. The summed E-state index contributed by atoms with van der Waals surface area (Å²) in [5.41, 5.74) is 1.78. The van der Waals surface area contributed by atoms with Crippen LogP contribution in [0.4, 0.5) is 8.78 Å². The number of benzene rings is 1. The lowest BCUT2D eigenvalue weighted by Gasteiger charge is -2.45. The molecule has 1 aliphatic rings. The first-order valence-electron chi connectivity index (χ1n) is 4.97. The minimum atomic E-state index is -2.46. The Labute approximate surface area is 96.8 Å². The zero-order valence-electron chi connectivity index (χ0n) is 8.78. The molecule has 0 atom stereocenters. The Morgan fingerprint density at radius 2 is 1.87 bits per heavy atom. The van der Waals surface area contributed by atoms with Crippen molar-refractivity contribution in [3.63, 3.8) is 0 Å². The summed E-state index contributed by atoms with van der Waals surface area (Å²) in [5.74, 6) is -2.46. The summed E-state index contributed by atoms with van der Waals surface area (Å²) in [6, 6.07) is 5.87. The molecule has 1 aliphatic carbocycles. The molecule has 0 N–H and O–H groups in total. The molecule has 3 heteroatoms. The van der Waals surface area contributed by atoms with E-state index < -0.39 is 5.92 Å². The van der Waals surface area contributed by atoms with Crippen LogP contribution in [0.25, 0.3) is 0 Å². The van der Waals surface area contributed by atoms with Crippen LogP contribution in [0.3, 0.4) is 0 Å². The molecule has 0 spiro atoms. The van der Waals surface area contributed by atoms with Gasteiger partial charge in [-0.15, -0.1) is 0 Å². The SMILES string of the molecule is Cc1cc(C2(C)CC(F)(F)C2)ccc1Br. The van der Waals surface area contributed by atoms with E-state index in [-0.39, 0.29) is 18.3 Å². The van der Waals surface area contributed by atoms with Crippen molar-refractivity contribution in [2.24, 2.45) is 0 Å². The first-order valence-corrected chi connectivity index (χ1v) is 5.76. The highest BCUT2D eigenvalue weighted by atomic mass is 79.9. The van der Waals surface area contributed by atoms with Crippen LogP contribution in [-0.2, 0) is 5.41 Å². The fourth-order valence-electron chi connectivity index (χ4n) is 2.31. The molecule has 0 nitrogen and oxygen atoms in total. The molecule has 15 heavy (non-hydrogen) atoms. The van der Waals surface area contributed by atoms with Crippen LogP contribution in [-0.4, -0.2) is 5.92 Å². The van der Waals surface area contributed by atoms with Crippen LogP contribution in [0, 0.1) is 6.92 Å². The monoisotopic (exact) mass is 274 g/mol. The molecule has 1 fully saturated rings. The smallest absolute Gasteiger partial charge is 0.207 e. The first kappa shape index (κ1) is 11.1. The van der Waals surface area contributed by atoms with Crippen LogP contribution in [0.2, 0.25) is 0 Å². The molecule has 0 radical (unpaired) electrons. The van der Waals surface area contributed by atoms with Crippen LogP contribution >= 0.6 is 15.9 Å². The van der Waals surface area contributed by atoms with Crippen molar-refractivity contribution in [2.75, 3.05) is 0 Å². The largest absolute Gasteiger partial charge is 0.249 e. The Kier molecular flexibility index (Phi) is 2.41. The summed E-state index contributed by atoms with van der Waals surface area (Å²) in [6.07, 6.45) is -0.0534. The number of alkyl halides is 2. The Hall–Kier alpha value is -0.440. The highest BCUT2D eigenvalue weighted by molar-refractivity contribution is 9.10. The van der Waals surface area contributed by atoms with E-state index in [0.29, 0.717) is 0 Å². The van der Waals surface area contributed by atoms with E-state index in [4.69, 9.17) is 0 Å². The summed E-state index contributed by atoms with van der Waals surface area (Å²) in [6.45, 7) is 3.89. The van der Waals surface area contributed by atoms with Crippen LogP contribution in [0.1, 0.15) is 30.9 Å². The van der Waals surface area contributed by atoms with Gasteiger partial charge in [-0.3, -0.25) is 0 Å². The van der Waals surface area contributed by atoms with Gasteiger partial charge in [-0.2, -0.15) is 0 Å². The van der Waals surface area contributed by atoms with Crippen molar-refractivity contribution in [3.8, 4) is 0 Å². The normalized spacial score (nSPS) is 22.2. The van der Waals surface area contributed by atoms with Gasteiger partial charge < -0.3 is 0 Å². The lowest BCUT2D eigenvalue weighted by Crippen LogP contribution is -2.47. The van der Waals surface area contributed by atoms with E-state index in [1.165, 1.54) is 0 Å². The predicted octanol–water partition coefficient (Wildman–Crippen LogP) is 4.44. The highest BCUT2D eigenvalue weighted by Gasteiger charge is 2.54. The Balaban J connectivity index is 2.28. The van der Waals surface area contributed by atoms with Crippen molar-refractivity contribution in [3.05, 3.63) is 33.8 Å². The minimum Gasteiger partial charge on any atom is -0.207 e. The maximum Gasteiger partial charge on any atom is 0.249 e. The van der Waals surface area contributed by atoms with Crippen LogP contribution in [0.15, 0.2) is 22.7 Å². The summed E-state index contributed by atoms with van der Waals surface area (Å²) < 4.78 is 26.8. The number of hydrogen-bond acceptors (Lipinski definition) is 0. The van der Waals surface area contributed by atoms with Crippen molar-refractivity contribution < 1.29 is 8.78 Å². The third kappa shape index (κ3) is 1.94. The lowest BCUT2D eigenvalue weighted by molar-refractivity contribution is -0.120. The quantitative estimate of drug-likeness (QED) is 0.710. The molecule has 0 bridgehead atoms. The van der Waals surface area contributed by atoms with E-state index in [2.05, 4.69) is 15.9 Å². The molecular weight excluding hydrogens is 262 g/mol. The zero-order chi connectivity index (χ0) is 11.3. The highest BCUT2D eigenvalue weighted by Crippen LogP contribution is 2.53. The second-order valence-electron chi connectivity index (χ2n) is 4.73. The van der Waals surface area contributed by atoms with Gasteiger partial charge in [0.05, 0.1) is 0 Å². The van der Waals surface area contributed by atoms with E-state index >= 15 is 0 Å². The first-order chi connectivity index (χ1) is 6.82. The second-order valence-corrected chi connectivity index (χ2v) is 5.59. The van der Waals surface area contributed by atoms with E-state index in [1.54, 1.807) is 0 Å². The van der Waals surface area contributed by atoms with Crippen molar-refractivity contribution in [1.82, 2.24) is 0 Å². The Morgan fingerprint density at radius 3 is 2.33 bits per heavy atom. The predicted molar refractivity (Wildman–Crippen MR) is 60.4 cm³/mol. The van der Waals surface area contributed by atoms with E-state index in [0.717, 1.165) is 15.6 Å². The standard InChI is InChI=1S/C12H13BrF2/c1-8-5-9(3-4-10(8)13)11(2)6-12(14,15)7-11/h3-5H,6-7H2,1-2H3. The molecule has 0 aliphatic heterocycles. The Bertz CT molecular complexity index is 391. The molecule has 0 aromatic heterocycles. The number of hydrogen-bond donors (Lipinski definition) is 0. The van der Waals surface area contributed by atoms with Gasteiger partial charge in [0.25, 0.3) is 0 Å². The molecule has 0 heterocycles. The maximum absolute atomic E-state index is 12.9. The van der Waals surface area contributed by atoms with Crippen molar-refractivity contribution >= 4 is 15.9 Å². The molecular formula is C12H13BrF2. The minimum absolute atomic E-state index is 0.0267. The van der Waals surface area contributed by atoms with Gasteiger partial charge in [-0.05, 0) is 24.1 Å². The fourth-order valence-corrected chi connectivity index (χ4v) is 2.56. The van der Waals surface area contributed by atoms with Gasteiger partial charge in [-0.25, -0.2) is 8.78 Å². The lowest BCUT2D eigenvalue weighted by atomic mass is 9.63. The molecule has 0 unspecified atom stereocenters.